The van der Waals surface area contributed by atoms with Crippen molar-refractivity contribution in [2.24, 2.45) is 0 Å². The zero-order valence-corrected chi connectivity index (χ0v) is 19.9. The lowest BCUT2D eigenvalue weighted by Crippen LogP contribution is -2.49. The highest BCUT2D eigenvalue weighted by Gasteiger charge is 2.27. The molecule has 1 amide bonds. The van der Waals surface area contributed by atoms with Gasteiger partial charge in [0.2, 0.25) is 6.79 Å². The molecule has 0 unspecified atom stereocenters. The van der Waals surface area contributed by atoms with E-state index in [1.165, 1.54) is 24.2 Å². The van der Waals surface area contributed by atoms with Gasteiger partial charge in [0.05, 0.1) is 6.67 Å². The molecular formula is C26H28N4O3S. The molecule has 1 saturated heterocycles. The van der Waals surface area contributed by atoms with Crippen LogP contribution in [-0.2, 0) is 19.5 Å². The molecule has 0 N–H and O–H groups in total. The Morgan fingerprint density at radius 3 is 2.41 bits per heavy atom. The van der Waals surface area contributed by atoms with Crippen molar-refractivity contribution in [1.82, 2.24) is 18.9 Å². The summed E-state index contributed by atoms with van der Waals surface area (Å²) in [5, 5.41) is 0. The molecular weight excluding hydrogens is 448 g/mol. The fourth-order valence-corrected chi connectivity index (χ4v) is 5.63. The van der Waals surface area contributed by atoms with Gasteiger partial charge >= 0.3 is 0 Å². The van der Waals surface area contributed by atoms with Gasteiger partial charge in [-0.15, -0.1) is 0 Å². The second kappa shape index (κ2) is 8.92. The number of carbonyl (C=O) groups is 1. The Kier molecular flexibility index (Phi) is 5.63. The summed E-state index contributed by atoms with van der Waals surface area (Å²) in [5.74, 6) is 1.39. The van der Waals surface area contributed by atoms with Crippen LogP contribution >= 0.6 is 12.2 Å². The summed E-state index contributed by atoms with van der Waals surface area (Å²) in [6.07, 6.45) is 4.55. The van der Waals surface area contributed by atoms with E-state index in [0.717, 1.165) is 43.1 Å². The van der Waals surface area contributed by atoms with Gasteiger partial charge in [-0.25, -0.2) is 0 Å². The minimum absolute atomic E-state index is 0.0437. The molecule has 7 nitrogen and oxygen atoms in total. The number of piperazine rings is 1. The molecule has 0 atom stereocenters. The molecule has 3 heterocycles. The van der Waals surface area contributed by atoms with Gasteiger partial charge in [0.15, 0.2) is 16.3 Å². The first-order valence-electron chi connectivity index (χ1n) is 12.0. The Hall–Kier alpha value is -3.10. The summed E-state index contributed by atoms with van der Waals surface area (Å²) in [6.45, 7) is 4.02. The monoisotopic (exact) mass is 476 g/mol. The van der Waals surface area contributed by atoms with Gasteiger partial charge in [0.1, 0.15) is 0 Å². The van der Waals surface area contributed by atoms with E-state index in [2.05, 4.69) is 38.3 Å². The number of ether oxygens (including phenoxy) is 2. The molecule has 3 aliphatic rings. The van der Waals surface area contributed by atoms with Crippen molar-refractivity contribution in [3.8, 4) is 17.2 Å². The zero-order chi connectivity index (χ0) is 23.1. The minimum Gasteiger partial charge on any atom is -0.454 e. The van der Waals surface area contributed by atoms with E-state index in [1.807, 2.05) is 23.1 Å². The average Bonchev–Trinajstić information content (AvgIpc) is 3.46. The molecule has 0 saturated carbocycles. The van der Waals surface area contributed by atoms with Crippen molar-refractivity contribution in [3.05, 3.63) is 70.3 Å². The number of benzene rings is 2. The lowest BCUT2D eigenvalue weighted by atomic mass is 10.0. The fraction of sp³-hybridized carbons (Fsp3) is 0.385. The Morgan fingerprint density at radius 2 is 1.62 bits per heavy atom. The third kappa shape index (κ3) is 3.80. The largest absolute Gasteiger partial charge is 0.454 e. The van der Waals surface area contributed by atoms with E-state index in [0.29, 0.717) is 30.2 Å². The highest BCUT2D eigenvalue weighted by molar-refractivity contribution is 7.71. The summed E-state index contributed by atoms with van der Waals surface area (Å²) >= 11 is 5.99. The lowest BCUT2D eigenvalue weighted by molar-refractivity contribution is 0.0591. The number of fused-ring (bicyclic) bond motifs is 2. The number of carbonyl (C=O) groups excluding carboxylic acids is 1. The van der Waals surface area contributed by atoms with Crippen LogP contribution in [0.3, 0.4) is 0 Å². The number of hydrogen-bond acceptors (Lipinski definition) is 5. The van der Waals surface area contributed by atoms with Gasteiger partial charge < -0.3 is 18.9 Å². The van der Waals surface area contributed by atoms with Crippen LogP contribution in [0.4, 0.5) is 0 Å². The average molecular weight is 477 g/mol. The molecule has 6 rings (SSSR count). The molecule has 3 aromatic rings. The number of imidazole rings is 1. The lowest BCUT2D eigenvalue weighted by Gasteiger charge is -2.35. The number of nitrogens with zero attached hydrogens (tertiary/aromatic N) is 4. The maximum absolute atomic E-state index is 13.1. The van der Waals surface area contributed by atoms with Crippen LogP contribution in [0.5, 0.6) is 11.5 Å². The topological polar surface area (TPSA) is 51.9 Å². The third-order valence-corrected chi connectivity index (χ3v) is 7.47. The Morgan fingerprint density at radius 1 is 0.882 bits per heavy atom. The molecule has 2 aliphatic heterocycles. The Labute approximate surface area is 204 Å². The van der Waals surface area contributed by atoms with E-state index in [4.69, 9.17) is 21.7 Å². The molecule has 1 aromatic heterocycles. The van der Waals surface area contributed by atoms with Gasteiger partial charge in [-0.3, -0.25) is 14.3 Å². The quantitative estimate of drug-likeness (QED) is 0.532. The van der Waals surface area contributed by atoms with Crippen LogP contribution in [0.15, 0.2) is 48.5 Å². The molecule has 8 heteroatoms. The molecule has 34 heavy (non-hydrogen) atoms. The van der Waals surface area contributed by atoms with Gasteiger partial charge in [-0.1, -0.05) is 18.2 Å². The normalized spacial score (nSPS) is 17.6. The number of aromatic nitrogens is 2. The third-order valence-electron chi connectivity index (χ3n) is 7.06. The van der Waals surface area contributed by atoms with Gasteiger partial charge in [0.25, 0.3) is 5.91 Å². The second-order valence-corrected chi connectivity index (χ2v) is 9.47. The van der Waals surface area contributed by atoms with Crippen LogP contribution < -0.4 is 9.47 Å². The van der Waals surface area contributed by atoms with E-state index >= 15 is 0 Å². The van der Waals surface area contributed by atoms with Gasteiger partial charge in [-0.2, -0.15) is 0 Å². The first kappa shape index (κ1) is 21.4. The van der Waals surface area contributed by atoms with Crippen molar-refractivity contribution in [3.63, 3.8) is 0 Å². The molecule has 1 aliphatic carbocycles. The molecule has 0 bridgehead atoms. The van der Waals surface area contributed by atoms with Crippen molar-refractivity contribution >= 4 is 18.1 Å². The van der Waals surface area contributed by atoms with E-state index in [1.54, 1.807) is 6.07 Å². The zero-order valence-electron chi connectivity index (χ0n) is 19.1. The summed E-state index contributed by atoms with van der Waals surface area (Å²) in [4.78, 5) is 17.4. The van der Waals surface area contributed by atoms with Crippen LogP contribution in [-0.4, -0.2) is 57.8 Å². The predicted octanol–water partition coefficient (Wildman–Crippen LogP) is 4.03. The Bertz CT molecular complexity index is 1280. The van der Waals surface area contributed by atoms with Gasteiger partial charge in [0, 0.05) is 48.8 Å². The SMILES string of the molecule is O=C(c1ccc2c(c1)OCO2)N1CCN(Cn2c3c(n(-c4ccccc4)c2=S)CCCC3)CC1. The van der Waals surface area contributed by atoms with E-state index in [-0.39, 0.29) is 12.7 Å². The smallest absolute Gasteiger partial charge is 0.254 e. The first-order valence-corrected chi connectivity index (χ1v) is 12.4. The Balaban J connectivity index is 1.18. The predicted molar refractivity (Wildman–Crippen MR) is 131 cm³/mol. The summed E-state index contributed by atoms with van der Waals surface area (Å²) < 4.78 is 16.3. The molecule has 2 aromatic carbocycles. The molecule has 0 spiro atoms. The van der Waals surface area contributed by atoms with Crippen LogP contribution in [0.25, 0.3) is 5.69 Å². The number of rotatable bonds is 4. The summed E-state index contributed by atoms with van der Waals surface area (Å²) in [7, 11) is 0. The molecule has 1 fully saturated rings. The fourth-order valence-electron chi connectivity index (χ4n) is 5.25. The van der Waals surface area contributed by atoms with Crippen LogP contribution in [0.1, 0.15) is 34.6 Å². The summed E-state index contributed by atoms with van der Waals surface area (Å²) in [5.41, 5.74) is 4.52. The summed E-state index contributed by atoms with van der Waals surface area (Å²) in [6, 6.07) is 15.9. The second-order valence-electron chi connectivity index (χ2n) is 9.10. The van der Waals surface area contributed by atoms with E-state index in [9.17, 15) is 4.79 Å². The van der Waals surface area contributed by atoms with Crippen molar-refractivity contribution in [2.45, 2.75) is 32.4 Å². The number of amides is 1. The van der Waals surface area contributed by atoms with Crippen molar-refractivity contribution in [2.75, 3.05) is 33.0 Å². The maximum atomic E-state index is 13.1. The van der Waals surface area contributed by atoms with Crippen LogP contribution in [0.2, 0.25) is 0 Å². The number of para-hydroxylation sites is 1. The highest BCUT2D eigenvalue weighted by atomic mass is 32.1. The number of hydrogen-bond donors (Lipinski definition) is 0. The highest BCUT2D eigenvalue weighted by Crippen LogP contribution is 2.33. The van der Waals surface area contributed by atoms with E-state index < -0.39 is 0 Å². The minimum atomic E-state index is 0.0437. The molecule has 176 valence electrons. The van der Waals surface area contributed by atoms with Gasteiger partial charge in [-0.05, 0) is 68.2 Å². The van der Waals surface area contributed by atoms with Crippen LogP contribution in [0, 0.1) is 4.77 Å². The van der Waals surface area contributed by atoms with Crippen molar-refractivity contribution in [1.29, 1.82) is 0 Å². The maximum Gasteiger partial charge on any atom is 0.254 e. The first-order chi connectivity index (χ1) is 16.7. The van der Waals surface area contributed by atoms with Crippen molar-refractivity contribution < 1.29 is 14.3 Å². The molecule has 0 radical (unpaired) electrons. The standard InChI is InChI=1S/C26H28N4O3S/c31-25(19-10-11-23-24(16-19)33-18-32-23)28-14-12-27(13-15-28)17-29-21-8-4-5-9-22(21)30(26(29)34)20-6-2-1-3-7-20/h1-3,6-7,10-11,16H,4-5,8-9,12-15,17-18H2.